The molecule has 0 aliphatic carbocycles. The normalized spacial score (nSPS) is 11.2. The molecule has 0 amide bonds. The molecule has 24 heavy (non-hydrogen) atoms. The molecule has 5 heteroatoms. The number of nitrogens with zero attached hydrogens (tertiary/aromatic N) is 2. The molecule has 1 aromatic heterocycles. The highest BCUT2D eigenvalue weighted by atomic mass is 16.5. The Hall–Kier alpha value is -2.56. The third-order valence-electron chi connectivity index (χ3n) is 3.51. The van der Waals surface area contributed by atoms with E-state index in [1.807, 2.05) is 24.3 Å². The summed E-state index contributed by atoms with van der Waals surface area (Å²) >= 11 is 0. The first-order valence-electron chi connectivity index (χ1n) is 8.38. The summed E-state index contributed by atoms with van der Waals surface area (Å²) in [5.74, 6) is 1.43. The molecule has 2 rings (SSSR count). The Morgan fingerprint density at radius 2 is 1.92 bits per heavy atom. The predicted molar refractivity (Wildman–Crippen MR) is 98.4 cm³/mol. The molecule has 0 saturated carbocycles. The van der Waals surface area contributed by atoms with Gasteiger partial charge in [0.1, 0.15) is 0 Å². The Labute approximate surface area is 144 Å². The number of guanidine groups is 1. The molecule has 0 unspecified atom stereocenters. The molecule has 1 heterocycles. The highest BCUT2D eigenvalue weighted by Gasteiger charge is 2.00. The van der Waals surface area contributed by atoms with Crippen molar-refractivity contribution in [3.05, 3.63) is 59.8 Å². The Kier molecular flexibility index (Phi) is 7.60. The van der Waals surface area contributed by atoms with E-state index < -0.39 is 0 Å². The van der Waals surface area contributed by atoms with Gasteiger partial charge in [-0.25, -0.2) is 9.98 Å². The van der Waals surface area contributed by atoms with Gasteiger partial charge in [0.15, 0.2) is 5.96 Å². The highest BCUT2D eigenvalue weighted by molar-refractivity contribution is 5.79. The van der Waals surface area contributed by atoms with Crippen LogP contribution in [0.4, 0.5) is 0 Å². The van der Waals surface area contributed by atoms with Crippen molar-refractivity contribution in [3.63, 3.8) is 0 Å². The maximum Gasteiger partial charge on any atom is 0.213 e. The van der Waals surface area contributed by atoms with Gasteiger partial charge in [-0.05, 0) is 31.4 Å². The maximum atomic E-state index is 5.14. The SMILES string of the molecule is CCNC(=NCc1cccc(OC)n1)NCCCc1ccccc1. The van der Waals surface area contributed by atoms with E-state index in [0.29, 0.717) is 12.4 Å². The number of nitrogens with one attached hydrogen (secondary N) is 2. The monoisotopic (exact) mass is 326 g/mol. The van der Waals surface area contributed by atoms with Crippen LogP contribution in [0.1, 0.15) is 24.6 Å². The summed E-state index contributed by atoms with van der Waals surface area (Å²) in [6.07, 6.45) is 2.12. The first kappa shape index (κ1) is 17.8. The minimum atomic E-state index is 0.519. The van der Waals surface area contributed by atoms with Crippen molar-refractivity contribution >= 4 is 5.96 Å². The van der Waals surface area contributed by atoms with Gasteiger partial charge in [-0.1, -0.05) is 36.4 Å². The van der Waals surface area contributed by atoms with Crippen LogP contribution in [0, 0.1) is 0 Å². The Morgan fingerprint density at radius 3 is 2.67 bits per heavy atom. The van der Waals surface area contributed by atoms with Crippen LogP contribution in [0.15, 0.2) is 53.5 Å². The second-order valence-corrected chi connectivity index (χ2v) is 5.38. The lowest BCUT2D eigenvalue weighted by Crippen LogP contribution is -2.37. The molecule has 0 saturated heterocycles. The number of benzene rings is 1. The number of aromatic nitrogens is 1. The largest absolute Gasteiger partial charge is 0.481 e. The van der Waals surface area contributed by atoms with E-state index in [-0.39, 0.29) is 0 Å². The Balaban J connectivity index is 1.81. The van der Waals surface area contributed by atoms with Gasteiger partial charge in [0.25, 0.3) is 0 Å². The topological polar surface area (TPSA) is 58.5 Å². The minimum absolute atomic E-state index is 0.519. The summed E-state index contributed by atoms with van der Waals surface area (Å²) < 4.78 is 5.14. The molecule has 2 aromatic rings. The zero-order valence-corrected chi connectivity index (χ0v) is 14.5. The van der Waals surface area contributed by atoms with Crippen molar-refractivity contribution in [1.29, 1.82) is 0 Å². The molecular formula is C19H26N4O. The van der Waals surface area contributed by atoms with E-state index in [2.05, 4.69) is 51.8 Å². The third-order valence-corrected chi connectivity index (χ3v) is 3.51. The van der Waals surface area contributed by atoms with E-state index in [1.165, 1.54) is 5.56 Å². The Bertz CT molecular complexity index is 628. The van der Waals surface area contributed by atoms with Crippen molar-refractivity contribution in [1.82, 2.24) is 15.6 Å². The predicted octanol–water partition coefficient (Wildman–Crippen LogP) is 2.78. The van der Waals surface area contributed by atoms with Crippen LogP contribution in [0.3, 0.4) is 0 Å². The van der Waals surface area contributed by atoms with Crippen LogP contribution < -0.4 is 15.4 Å². The first-order chi connectivity index (χ1) is 11.8. The molecule has 0 bridgehead atoms. The van der Waals surface area contributed by atoms with E-state index in [9.17, 15) is 0 Å². The van der Waals surface area contributed by atoms with Crippen molar-refractivity contribution in [2.24, 2.45) is 4.99 Å². The number of pyridine rings is 1. The molecular weight excluding hydrogens is 300 g/mol. The number of hydrogen-bond acceptors (Lipinski definition) is 3. The maximum absolute atomic E-state index is 5.14. The van der Waals surface area contributed by atoms with E-state index in [1.54, 1.807) is 7.11 Å². The van der Waals surface area contributed by atoms with Gasteiger partial charge < -0.3 is 15.4 Å². The van der Waals surface area contributed by atoms with Gasteiger partial charge in [-0.2, -0.15) is 0 Å². The third kappa shape index (κ3) is 6.28. The zero-order valence-electron chi connectivity index (χ0n) is 14.5. The average molecular weight is 326 g/mol. The lowest BCUT2D eigenvalue weighted by molar-refractivity contribution is 0.396. The number of ether oxygens (including phenoxy) is 1. The van der Waals surface area contributed by atoms with E-state index in [0.717, 1.165) is 37.6 Å². The van der Waals surface area contributed by atoms with Gasteiger partial charge >= 0.3 is 0 Å². The molecule has 5 nitrogen and oxygen atoms in total. The van der Waals surface area contributed by atoms with Gasteiger partial charge in [0.2, 0.25) is 5.88 Å². The quantitative estimate of drug-likeness (QED) is 0.445. The van der Waals surface area contributed by atoms with Gasteiger partial charge in [-0.15, -0.1) is 0 Å². The second kappa shape index (κ2) is 10.3. The van der Waals surface area contributed by atoms with Crippen molar-refractivity contribution < 1.29 is 4.74 Å². The van der Waals surface area contributed by atoms with Crippen molar-refractivity contribution in [2.45, 2.75) is 26.3 Å². The van der Waals surface area contributed by atoms with Crippen molar-refractivity contribution in [3.8, 4) is 5.88 Å². The second-order valence-electron chi connectivity index (χ2n) is 5.38. The molecule has 1 aromatic carbocycles. The molecule has 0 aliphatic rings. The van der Waals surface area contributed by atoms with E-state index >= 15 is 0 Å². The van der Waals surface area contributed by atoms with Crippen LogP contribution in [0.5, 0.6) is 5.88 Å². The standard InChI is InChI=1S/C19H26N4O/c1-3-20-19(21-14-8-11-16-9-5-4-6-10-16)22-15-17-12-7-13-18(23-17)24-2/h4-7,9-10,12-13H,3,8,11,14-15H2,1-2H3,(H2,20,21,22). The number of aryl methyl sites for hydroxylation is 1. The average Bonchev–Trinajstić information content (AvgIpc) is 2.64. The van der Waals surface area contributed by atoms with Gasteiger partial charge in [0, 0.05) is 19.2 Å². The number of hydrogen-bond donors (Lipinski definition) is 2. The minimum Gasteiger partial charge on any atom is -0.481 e. The number of aliphatic imine (C=N–C) groups is 1. The lowest BCUT2D eigenvalue weighted by Gasteiger charge is -2.11. The molecule has 0 atom stereocenters. The summed E-state index contributed by atoms with van der Waals surface area (Å²) in [6.45, 7) is 4.29. The van der Waals surface area contributed by atoms with E-state index in [4.69, 9.17) is 4.74 Å². The number of methoxy groups -OCH3 is 1. The zero-order chi connectivity index (χ0) is 17.0. The summed E-state index contributed by atoms with van der Waals surface area (Å²) in [6, 6.07) is 16.2. The fraction of sp³-hybridized carbons (Fsp3) is 0.368. The fourth-order valence-electron chi connectivity index (χ4n) is 2.31. The molecule has 0 fully saturated rings. The van der Waals surface area contributed by atoms with Crippen LogP contribution in [-0.4, -0.2) is 31.1 Å². The van der Waals surface area contributed by atoms with Crippen LogP contribution in [-0.2, 0) is 13.0 Å². The highest BCUT2D eigenvalue weighted by Crippen LogP contribution is 2.07. The van der Waals surface area contributed by atoms with Crippen molar-refractivity contribution in [2.75, 3.05) is 20.2 Å². The fourth-order valence-corrected chi connectivity index (χ4v) is 2.31. The van der Waals surface area contributed by atoms with Crippen LogP contribution in [0.25, 0.3) is 0 Å². The summed E-state index contributed by atoms with van der Waals surface area (Å²) in [5.41, 5.74) is 2.25. The molecule has 0 radical (unpaired) electrons. The Morgan fingerprint density at radius 1 is 1.08 bits per heavy atom. The number of rotatable bonds is 8. The molecule has 128 valence electrons. The molecule has 0 spiro atoms. The molecule has 2 N–H and O–H groups in total. The summed E-state index contributed by atoms with van der Waals surface area (Å²) in [7, 11) is 1.62. The van der Waals surface area contributed by atoms with Crippen LogP contribution in [0.2, 0.25) is 0 Å². The van der Waals surface area contributed by atoms with Gasteiger partial charge in [0.05, 0.1) is 19.3 Å². The first-order valence-corrected chi connectivity index (χ1v) is 8.38. The summed E-state index contributed by atoms with van der Waals surface area (Å²) in [4.78, 5) is 8.95. The van der Waals surface area contributed by atoms with Crippen LogP contribution >= 0.6 is 0 Å². The molecule has 0 aliphatic heterocycles. The summed E-state index contributed by atoms with van der Waals surface area (Å²) in [5, 5.41) is 6.63. The lowest BCUT2D eigenvalue weighted by atomic mass is 10.1. The van der Waals surface area contributed by atoms with Gasteiger partial charge in [-0.3, -0.25) is 0 Å². The smallest absolute Gasteiger partial charge is 0.213 e.